The fourth-order valence-corrected chi connectivity index (χ4v) is 3.12. The number of nitrogens with one attached hydrogen (secondary N) is 2. The molecule has 1 aliphatic heterocycles. The van der Waals surface area contributed by atoms with Gasteiger partial charge in [0.2, 0.25) is 0 Å². The molecule has 3 N–H and O–H groups in total. The van der Waals surface area contributed by atoms with Crippen molar-refractivity contribution in [2.24, 2.45) is 0 Å². The minimum absolute atomic E-state index is 0.0392. The van der Waals surface area contributed by atoms with Gasteiger partial charge < -0.3 is 20.5 Å². The quantitative estimate of drug-likeness (QED) is 0.757. The summed E-state index contributed by atoms with van der Waals surface area (Å²) in [5.74, 6) is 1.05. The number of fused-ring (bicyclic) bond motifs is 1. The lowest BCUT2D eigenvalue weighted by atomic mass is 9.94. The molecule has 0 spiro atoms. The Kier molecular flexibility index (Phi) is 5.56. The van der Waals surface area contributed by atoms with Crippen molar-refractivity contribution < 1.29 is 14.6 Å². The molecular formula is C20H24N2O3. The van der Waals surface area contributed by atoms with Crippen LogP contribution in [0.2, 0.25) is 0 Å². The maximum absolute atomic E-state index is 12.1. The number of benzene rings is 2. The van der Waals surface area contributed by atoms with Crippen LogP contribution in [0.25, 0.3) is 0 Å². The standard InChI is InChI=1S/C20H24N2O3/c1-14(17-13-25-19-10-6-5-9-16(17)19)22-20(24)21-12-11-18(23)15-7-3-2-4-8-15/h2-10,14,17-18,23H,11-13H2,1H3,(H2,21,22,24). The molecule has 0 fully saturated rings. The van der Waals surface area contributed by atoms with E-state index in [1.807, 2.05) is 61.5 Å². The van der Waals surface area contributed by atoms with Gasteiger partial charge in [-0.3, -0.25) is 0 Å². The summed E-state index contributed by atoms with van der Waals surface area (Å²) in [5.41, 5.74) is 1.99. The monoisotopic (exact) mass is 340 g/mol. The van der Waals surface area contributed by atoms with Crippen molar-refractivity contribution in [1.29, 1.82) is 0 Å². The van der Waals surface area contributed by atoms with Gasteiger partial charge in [-0.1, -0.05) is 48.5 Å². The number of ether oxygens (including phenoxy) is 1. The number of hydrogen-bond acceptors (Lipinski definition) is 3. The topological polar surface area (TPSA) is 70.6 Å². The third kappa shape index (κ3) is 4.31. The van der Waals surface area contributed by atoms with E-state index < -0.39 is 6.10 Å². The van der Waals surface area contributed by atoms with Crippen LogP contribution in [0.4, 0.5) is 4.79 Å². The van der Waals surface area contributed by atoms with Crippen LogP contribution in [-0.4, -0.2) is 30.3 Å². The Morgan fingerprint density at radius 3 is 2.72 bits per heavy atom. The lowest BCUT2D eigenvalue weighted by Crippen LogP contribution is -2.44. The van der Waals surface area contributed by atoms with Crippen LogP contribution in [-0.2, 0) is 0 Å². The Labute approximate surface area is 148 Å². The van der Waals surface area contributed by atoms with Gasteiger partial charge in [-0.2, -0.15) is 0 Å². The first-order valence-corrected chi connectivity index (χ1v) is 8.64. The van der Waals surface area contributed by atoms with E-state index in [9.17, 15) is 9.90 Å². The fourth-order valence-electron chi connectivity index (χ4n) is 3.12. The second kappa shape index (κ2) is 8.03. The smallest absolute Gasteiger partial charge is 0.315 e. The van der Waals surface area contributed by atoms with Crippen molar-refractivity contribution in [2.45, 2.75) is 31.4 Å². The van der Waals surface area contributed by atoms with Crippen LogP contribution in [0.15, 0.2) is 54.6 Å². The van der Waals surface area contributed by atoms with E-state index in [-0.39, 0.29) is 18.0 Å². The van der Waals surface area contributed by atoms with E-state index in [2.05, 4.69) is 10.6 Å². The van der Waals surface area contributed by atoms with Gasteiger partial charge in [-0.25, -0.2) is 4.79 Å². The molecule has 0 saturated heterocycles. The number of rotatable bonds is 6. The van der Waals surface area contributed by atoms with Gasteiger partial charge in [0.25, 0.3) is 0 Å². The molecular weight excluding hydrogens is 316 g/mol. The Hall–Kier alpha value is -2.53. The SMILES string of the molecule is CC(NC(=O)NCCC(O)c1ccccc1)C1COc2ccccc21. The molecule has 1 aliphatic rings. The molecule has 2 amide bonds. The first-order chi connectivity index (χ1) is 12.1. The van der Waals surface area contributed by atoms with Gasteiger partial charge in [0.15, 0.2) is 0 Å². The lowest BCUT2D eigenvalue weighted by Gasteiger charge is -2.20. The summed E-state index contributed by atoms with van der Waals surface area (Å²) >= 11 is 0. The fraction of sp³-hybridized carbons (Fsp3) is 0.350. The third-order valence-corrected chi connectivity index (χ3v) is 4.59. The first kappa shape index (κ1) is 17.3. The summed E-state index contributed by atoms with van der Waals surface area (Å²) in [6.07, 6.45) is -0.102. The van der Waals surface area contributed by atoms with E-state index in [0.717, 1.165) is 16.9 Å². The number of hydrogen-bond donors (Lipinski definition) is 3. The minimum atomic E-state index is -0.575. The molecule has 0 bridgehead atoms. The van der Waals surface area contributed by atoms with Crippen LogP contribution in [0.1, 0.15) is 36.5 Å². The zero-order valence-electron chi connectivity index (χ0n) is 14.3. The molecule has 3 atom stereocenters. The predicted molar refractivity (Wildman–Crippen MR) is 96.7 cm³/mol. The molecule has 2 aromatic rings. The van der Waals surface area contributed by atoms with Crippen molar-refractivity contribution in [2.75, 3.05) is 13.2 Å². The molecule has 0 aliphatic carbocycles. The van der Waals surface area contributed by atoms with E-state index in [4.69, 9.17) is 4.74 Å². The van der Waals surface area contributed by atoms with Gasteiger partial charge in [0.05, 0.1) is 12.7 Å². The lowest BCUT2D eigenvalue weighted by molar-refractivity contribution is 0.166. The number of aliphatic hydroxyl groups excluding tert-OH is 1. The molecule has 5 nitrogen and oxygen atoms in total. The van der Waals surface area contributed by atoms with Gasteiger partial charge in [0, 0.05) is 24.1 Å². The number of para-hydroxylation sites is 1. The van der Waals surface area contributed by atoms with Gasteiger partial charge in [-0.05, 0) is 25.0 Å². The molecule has 1 heterocycles. The highest BCUT2D eigenvalue weighted by atomic mass is 16.5. The molecule has 25 heavy (non-hydrogen) atoms. The van der Waals surface area contributed by atoms with Crippen molar-refractivity contribution in [3.63, 3.8) is 0 Å². The predicted octanol–water partition coefficient (Wildman–Crippen LogP) is 2.97. The van der Waals surface area contributed by atoms with E-state index in [1.54, 1.807) is 0 Å². The molecule has 3 rings (SSSR count). The van der Waals surface area contributed by atoms with Gasteiger partial charge in [-0.15, -0.1) is 0 Å². The van der Waals surface area contributed by atoms with E-state index >= 15 is 0 Å². The number of carbonyl (C=O) groups excluding carboxylic acids is 1. The zero-order chi connectivity index (χ0) is 17.6. The summed E-state index contributed by atoms with van der Waals surface area (Å²) in [6, 6.07) is 17.1. The number of urea groups is 1. The maximum atomic E-state index is 12.1. The summed E-state index contributed by atoms with van der Waals surface area (Å²) in [7, 11) is 0. The zero-order valence-corrected chi connectivity index (χ0v) is 14.3. The summed E-state index contributed by atoms with van der Waals surface area (Å²) in [5, 5.41) is 15.9. The van der Waals surface area contributed by atoms with Crippen LogP contribution in [0, 0.1) is 0 Å². The average Bonchev–Trinajstić information content (AvgIpc) is 3.06. The van der Waals surface area contributed by atoms with Crippen molar-refractivity contribution in [3.05, 3.63) is 65.7 Å². The van der Waals surface area contributed by atoms with Crippen molar-refractivity contribution >= 4 is 6.03 Å². The highest BCUT2D eigenvalue weighted by Crippen LogP contribution is 2.35. The maximum Gasteiger partial charge on any atom is 0.315 e. The van der Waals surface area contributed by atoms with E-state index in [1.165, 1.54) is 0 Å². The molecule has 5 heteroatoms. The minimum Gasteiger partial charge on any atom is -0.493 e. The highest BCUT2D eigenvalue weighted by Gasteiger charge is 2.29. The number of carbonyl (C=O) groups is 1. The Balaban J connectivity index is 1.44. The largest absolute Gasteiger partial charge is 0.493 e. The molecule has 0 saturated carbocycles. The van der Waals surface area contributed by atoms with E-state index in [0.29, 0.717) is 19.6 Å². The second-order valence-corrected chi connectivity index (χ2v) is 6.36. The Bertz CT molecular complexity index is 705. The summed E-state index contributed by atoms with van der Waals surface area (Å²) < 4.78 is 5.67. The third-order valence-electron chi connectivity index (χ3n) is 4.59. The number of aliphatic hydroxyl groups is 1. The molecule has 2 aromatic carbocycles. The van der Waals surface area contributed by atoms with Crippen LogP contribution < -0.4 is 15.4 Å². The normalized spacial score (nSPS) is 17.9. The van der Waals surface area contributed by atoms with Crippen molar-refractivity contribution in [1.82, 2.24) is 10.6 Å². The Morgan fingerprint density at radius 2 is 1.92 bits per heavy atom. The molecule has 0 radical (unpaired) electrons. The second-order valence-electron chi connectivity index (χ2n) is 6.36. The summed E-state index contributed by atoms with van der Waals surface area (Å²) in [4.78, 5) is 12.1. The highest BCUT2D eigenvalue weighted by molar-refractivity contribution is 5.74. The molecule has 132 valence electrons. The molecule has 3 unspecified atom stereocenters. The summed E-state index contributed by atoms with van der Waals surface area (Å²) in [6.45, 7) is 2.97. The van der Waals surface area contributed by atoms with Gasteiger partial charge >= 0.3 is 6.03 Å². The first-order valence-electron chi connectivity index (χ1n) is 8.64. The number of amides is 2. The average molecular weight is 340 g/mol. The van der Waals surface area contributed by atoms with Gasteiger partial charge in [0.1, 0.15) is 5.75 Å². The van der Waals surface area contributed by atoms with Crippen LogP contribution in [0.5, 0.6) is 5.75 Å². The van der Waals surface area contributed by atoms with Crippen LogP contribution in [0.3, 0.4) is 0 Å². The molecule has 0 aromatic heterocycles. The Morgan fingerprint density at radius 1 is 1.20 bits per heavy atom. The van der Waals surface area contributed by atoms with Crippen LogP contribution >= 0.6 is 0 Å². The van der Waals surface area contributed by atoms with Crippen molar-refractivity contribution in [3.8, 4) is 5.75 Å².